The minimum absolute atomic E-state index is 0.285. The molecule has 12 heteroatoms. The molecule has 7 nitrogen and oxygen atoms in total. The number of fused-ring (bicyclic) bond motifs is 2. The van der Waals surface area contributed by atoms with E-state index in [9.17, 15) is 23.6 Å². The normalized spacial score (nSPS) is 20.4. The van der Waals surface area contributed by atoms with E-state index in [-0.39, 0.29) is 23.2 Å². The fraction of sp³-hybridized carbons (Fsp3) is 0.154. The molecule has 6 rings (SSSR count). The van der Waals surface area contributed by atoms with Crippen molar-refractivity contribution >= 4 is 75.1 Å². The van der Waals surface area contributed by atoms with E-state index in [2.05, 4.69) is 5.32 Å². The van der Waals surface area contributed by atoms with Crippen molar-refractivity contribution in [3.8, 4) is 0 Å². The number of rotatable bonds is 5. The molecule has 3 atom stereocenters. The third kappa shape index (κ3) is 4.29. The fourth-order valence-electron chi connectivity index (χ4n) is 4.75. The number of thiazole rings is 1. The van der Waals surface area contributed by atoms with E-state index in [1.54, 1.807) is 24.3 Å². The van der Waals surface area contributed by atoms with Gasteiger partial charge in [-0.1, -0.05) is 40.8 Å². The molecule has 4 heterocycles. The first-order chi connectivity index (χ1) is 18.3. The molecule has 0 saturated carbocycles. The monoisotopic (exact) mass is 585 g/mol. The Kier molecular flexibility index (Phi) is 6.47. The summed E-state index contributed by atoms with van der Waals surface area (Å²) in [6.07, 6.45) is 0. The van der Waals surface area contributed by atoms with Crippen LogP contribution in [0, 0.1) is 11.7 Å². The van der Waals surface area contributed by atoms with Crippen molar-refractivity contribution in [1.82, 2.24) is 4.57 Å². The molecule has 2 aliphatic heterocycles. The largest absolute Gasteiger partial charge is 0.325 e. The van der Waals surface area contributed by atoms with E-state index in [0.29, 0.717) is 26.3 Å². The summed E-state index contributed by atoms with van der Waals surface area (Å²) < 4.78 is 14.6. The lowest BCUT2D eigenvalue weighted by atomic mass is 9.87. The van der Waals surface area contributed by atoms with Gasteiger partial charge in [0.15, 0.2) is 0 Å². The van der Waals surface area contributed by atoms with Gasteiger partial charge in [0.05, 0.1) is 16.6 Å². The summed E-state index contributed by atoms with van der Waals surface area (Å²) in [5, 5.41) is 4.79. The van der Waals surface area contributed by atoms with Crippen LogP contribution in [0.15, 0.2) is 75.9 Å². The quantitative estimate of drug-likeness (QED) is 0.325. The van der Waals surface area contributed by atoms with Crippen LogP contribution in [0.1, 0.15) is 15.7 Å². The molecule has 4 aromatic rings. The predicted molar refractivity (Wildman–Crippen MR) is 147 cm³/mol. The van der Waals surface area contributed by atoms with Crippen molar-refractivity contribution in [2.45, 2.75) is 22.7 Å². The summed E-state index contributed by atoms with van der Waals surface area (Å²) in [5.41, 5.74) is 0.830. The molecule has 0 radical (unpaired) electrons. The van der Waals surface area contributed by atoms with E-state index in [4.69, 9.17) is 11.6 Å². The Morgan fingerprint density at radius 2 is 1.74 bits per heavy atom. The summed E-state index contributed by atoms with van der Waals surface area (Å²) in [6, 6.07) is 15.6. The molecule has 1 N–H and O–H groups in total. The number of benzene rings is 2. The van der Waals surface area contributed by atoms with E-state index < -0.39 is 28.8 Å². The second-order valence-electron chi connectivity index (χ2n) is 8.72. The third-order valence-corrected chi connectivity index (χ3v) is 10.2. The van der Waals surface area contributed by atoms with Crippen LogP contribution in [-0.4, -0.2) is 27.5 Å². The van der Waals surface area contributed by atoms with Gasteiger partial charge >= 0.3 is 4.87 Å². The molecule has 1 saturated heterocycles. The lowest BCUT2D eigenvalue weighted by molar-refractivity contribution is -0.122. The maximum Gasteiger partial charge on any atom is 0.308 e. The Morgan fingerprint density at radius 1 is 1.00 bits per heavy atom. The molecule has 192 valence electrons. The van der Waals surface area contributed by atoms with Gasteiger partial charge in [-0.15, -0.1) is 11.3 Å². The maximum atomic E-state index is 13.7. The first kappa shape index (κ1) is 25.1. The molecular weight excluding hydrogens is 569 g/mol. The third-order valence-electron chi connectivity index (χ3n) is 6.41. The molecule has 2 aliphatic rings. The smallest absolute Gasteiger partial charge is 0.308 e. The number of halogens is 2. The molecule has 0 spiro atoms. The van der Waals surface area contributed by atoms with E-state index >= 15 is 0 Å². The van der Waals surface area contributed by atoms with Crippen LogP contribution in [0.2, 0.25) is 5.02 Å². The Labute approximate surface area is 232 Å². The molecule has 3 amide bonds. The van der Waals surface area contributed by atoms with Crippen molar-refractivity contribution in [3.05, 3.63) is 96.3 Å². The molecule has 1 fully saturated rings. The second-order valence-corrected chi connectivity index (χ2v) is 12.3. The van der Waals surface area contributed by atoms with Gasteiger partial charge in [-0.3, -0.25) is 23.7 Å². The van der Waals surface area contributed by atoms with Gasteiger partial charge in [0.1, 0.15) is 17.6 Å². The minimum atomic E-state index is -0.766. The molecule has 38 heavy (non-hydrogen) atoms. The number of hydrogen-bond acceptors (Lipinski definition) is 7. The Morgan fingerprint density at radius 3 is 2.42 bits per heavy atom. The van der Waals surface area contributed by atoms with Gasteiger partial charge in [0.25, 0.3) is 0 Å². The Hall–Kier alpha value is -3.25. The van der Waals surface area contributed by atoms with E-state index in [1.165, 1.54) is 45.1 Å². The molecular formula is C26H17ClFN3O4S3. The number of thioether (sulfide) groups is 1. The summed E-state index contributed by atoms with van der Waals surface area (Å²) in [7, 11) is 0. The number of amides is 3. The van der Waals surface area contributed by atoms with E-state index in [0.717, 1.165) is 28.0 Å². The van der Waals surface area contributed by atoms with Crippen LogP contribution in [0.5, 0.6) is 0 Å². The number of imide groups is 1. The summed E-state index contributed by atoms with van der Waals surface area (Å²) >= 11 is 9.60. The van der Waals surface area contributed by atoms with Crippen LogP contribution in [0.4, 0.5) is 15.8 Å². The lowest BCUT2D eigenvalue weighted by Crippen LogP contribution is -2.32. The highest BCUT2D eigenvalue weighted by Gasteiger charge is 2.57. The van der Waals surface area contributed by atoms with Crippen molar-refractivity contribution < 1.29 is 18.8 Å². The lowest BCUT2D eigenvalue weighted by Gasteiger charge is -2.29. The summed E-state index contributed by atoms with van der Waals surface area (Å²) in [6.45, 7) is -0.285. The number of carbonyl (C=O) groups is 3. The fourth-order valence-corrected chi connectivity index (χ4v) is 8.60. The minimum Gasteiger partial charge on any atom is -0.325 e. The zero-order chi connectivity index (χ0) is 26.6. The van der Waals surface area contributed by atoms with Gasteiger partial charge in [-0.25, -0.2) is 9.29 Å². The van der Waals surface area contributed by atoms with Gasteiger partial charge in [-0.2, -0.15) is 0 Å². The number of nitrogens with one attached hydrogen (secondary N) is 1. The van der Waals surface area contributed by atoms with Crippen LogP contribution in [-0.2, 0) is 20.9 Å². The van der Waals surface area contributed by atoms with Gasteiger partial charge in [0.2, 0.25) is 17.7 Å². The van der Waals surface area contributed by atoms with Crippen molar-refractivity contribution in [1.29, 1.82) is 0 Å². The van der Waals surface area contributed by atoms with Gasteiger partial charge in [-0.05, 0) is 60.0 Å². The number of hydrogen-bond donors (Lipinski definition) is 1. The summed E-state index contributed by atoms with van der Waals surface area (Å²) in [5.74, 6) is -2.80. The number of thiophene rings is 1. The van der Waals surface area contributed by atoms with E-state index in [1.807, 2.05) is 17.5 Å². The first-order valence-electron chi connectivity index (χ1n) is 11.4. The highest BCUT2D eigenvalue weighted by molar-refractivity contribution is 8.00. The number of nitrogens with zero attached hydrogens (tertiary/aromatic N) is 2. The average Bonchev–Trinajstić information content (AvgIpc) is 3.59. The topological polar surface area (TPSA) is 88.5 Å². The molecule has 0 bridgehead atoms. The standard InChI is InChI=1S/C26H17ClFN3O4S3/c27-13-3-9-16(10-4-13)31-23(33)20-19(17-2-1-11-36-17)22-25(37-21(20)24(31)34)30(26(35)38-22)12-18(32)29-15-7-5-14(28)6-8-15/h1-11,19-21H,12H2,(H,29,32). The van der Waals surface area contributed by atoms with Crippen LogP contribution >= 0.6 is 46.0 Å². The van der Waals surface area contributed by atoms with Crippen molar-refractivity contribution in [2.75, 3.05) is 10.2 Å². The molecule has 0 aliphatic carbocycles. The maximum absolute atomic E-state index is 13.7. The zero-order valence-corrected chi connectivity index (χ0v) is 22.5. The first-order valence-corrected chi connectivity index (χ1v) is 14.4. The molecule has 3 unspecified atom stereocenters. The Bertz CT molecular complexity index is 1620. The van der Waals surface area contributed by atoms with Crippen LogP contribution in [0.3, 0.4) is 0 Å². The van der Waals surface area contributed by atoms with Crippen LogP contribution < -0.4 is 15.1 Å². The summed E-state index contributed by atoms with van der Waals surface area (Å²) in [4.78, 5) is 55.7. The highest BCUT2D eigenvalue weighted by atomic mass is 35.5. The SMILES string of the molecule is O=C(Cn1c2c(sc1=O)C(c1cccs1)C1C(=O)N(c3ccc(Cl)cc3)C(=O)C1S2)Nc1ccc(F)cc1. The zero-order valence-electron chi connectivity index (χ0n) is 19.3. The van der Waals surface area contributed by atoms with Crippen molar-refractivity contribution in [3.63, 3.8) is 0 Å². The molecule has 2 aromatic heterocycles. The van der Waals surface area contributed by atoms with Gasteiger partial charge < -0.3 is 5.32 Å². The Balaban J connectivity index is 1.38. The van der Waals surface area contributed by atoms with Gasteiger partial charge in [0, 0.05) is 26.4 Å². The molecule has 2 aromatic carbocycles. The second kappa shape index (κ2) is 9.81. The number of carbonyl (C=O) groups excluding carboxylic acids is 3. The average molecular weight is 586 g/mol. The number of anilines is 2. The number of aromatic nitrogens is 1. The van der Waals surface area contributed by atoms with Crippen LogP contribution in [0.25, 0.3) is 0 Å². The predicted octanol–water partition coefficient (Wildman–Crippen LogP) is 5.20. The van der Waals surface area contributed by atoms with Crippen molar-refractivity contribution in [2.24, 2.45) is 5.92 Å². The highest BCUT2D eigenvalue weighted by Crippen LogP contribution is 2.54.